The van der Waals surface area contributed by atoms with Crippen molar-refractivity contribution in [1.29, 1.82) is 0 Å². The molecule has 2 rings (SSSR count). The Bertz CT molecular complexity index is 374. The number of aryl methyl sites for hydroxylation is 1. The molecule has 1 atom stereocenters. The SMILES string of the molecule is Cc1ccc(F)cc1C(CN)NCCC1CC1. The molecule has 1 saturated carbocycles. The van der Waals surface area contributed by atoms with Crippen molar-refractivity contribution >= 4 is 0 Å². The second-order valence-corrected chi connectivity index (χ2v) is 4.98. The van der Waals surface area contributed by atoms with E-state index in [1.165, 1.54) is 25.3 Å². The third kappa shape index (κ3) is 3.51. The lowest BCUT2D eigenvalue weighted by Crippen LogP contribution is -2.29. The summed E-state index contributed by atoms with van der Waals surface area (Å²) in [7, 11) is 0. The van der Waals surface area contributed by atoms with E-state index in [1.54, 1.807) is 6.07 Å². The van der Waals surface area contributed by atoms with E-state index >= 15 is 0 Å². The molecule has 3 N–H and O–H groups in total. The maximum Gasteiger partial charge on any atom is 0.123 e. The van der Waals surface area contributed by atoms with Gasteiger partial charge in [-0.25, -0.2) is 4.39 Å². The van der Waals surface area contributed by atoms with E-state index in [2.05, 4.69) is 5.32 Å². The third-order valence-electron chi connectivity index (χ3n) is 3.49. The molecular weight excluding hydrogens is 215 g/mol. The fourth-order valence-corrected chi connectivity index (χ4v) is 2.18. The molecule has 0 amide bonds. The zero-order chi connectivity index (χ0) is 12.3. The molecule has 17 heavy (non-hydrogen) atoms. The highest BCUT2D eigenvalue weighted by molar-refractivity contribution is 5.29. The van der Waals surface area contributed by atoms with Crippen molar-refractivity contribution in [3.63, 3.8) is 0 Å². The van der Waals surface area contributed by atoms with Gasteiger partial charge in [0.2, 0.25) is 0 Å². The Morgan fingerprint density at radius 2 is 2.24 bits per heavy atom. The maximum absolute atomic E-state index is 13.2. The summed E-state index contributed by atoms with van der Waals surface area (Å²) in [5.74, 6) is 0.725. The van der Waals surface area contributed by atoms with E-state index in [0.717, 1.165) is 23.6 Å². The summed E-state index contributed by atoms with van der Waals surface area (Å²) in [6.45, 7) is 3.48. The van der Waals surface area contributed by atoms with Crippen LogP contribution < -0.4 is 11.1 Å². The first kappa shape index (κ1) is 12.5. The Morgan fingerprint density at radius 3 is 2.88 bits per heavy atom. The Balaban J connectivity index is 1.96. The van der Waals surface area contributed by atoms with E-state index in [4.69, 9.17) is 5.73 Å². The van der Waals surface area contributed by atoms with Crippen molar-refractivity contribution in [2.75, 3.05) is 13.1 Å². The quantitative estimate of drug-likeness (QED) is 0.796. The summed E-state index contributed by atoms with van der Waals surface area (Å²) in [5.41, 5.74) is 7.86. The number of halogens is 1. The smallest absolute Gasteiger partial charge is 0.123 e. The molecule has 0 saturated heterocycles. The van der Waals surface area contributed by atoms with Gasteiger partial charge in [0.1, 0.15) is 5.82 Å². The van der Waals surface area contributed by atoms with Crippen molar-refractivity contribution in [2.24, 2.45) is 11.7 Å². The van der Waals surface area contributed by atoms with E-state index in [9.17, 15) is 4.39 Å². The Kier molecular flexibility index (Phi) is 4.13. The normalized spacial score (nSPS) is 17.1. The molecule has 1 fully saturated rings. The highest BCUT2D eigenvalue weighted by Gasteiger charge is 2.21. The summed E-state index contributed by atoms with van der Waals surface area (Å²) in [4.78, 5) is 0. The second kappa shape index (κ2) is 5.61. The third-order valence-corrected chi connectivity index (χ3v) is 3.49. The fourth-order valence-electron chi connectivity index (χ4n) is 2.18. The van der Waals surface area contributed by atoms with Crippen molar-refractivity contribution in [1.82, 2.24) is 5.32 Å². The van der Waals surface area contributed by atoms with Crippen molar-refractivity contribution in [3.05, 3.63) is 35.1 Å². The molecule has 0 spiro atoms. The minimum Gasteiger partial charge on any atom is -0.329 e. The van der Waals surface area contributed by atoms with E-state index < -0.39 is 0 Å². The Morgan fingerprint density at radius 1 is 1.47 bits per heavy atom. The standard InChI is InChI=1S/C14H21FN2/c1-10-2-5-12(15)8-13(10)14(9-16)17-7-6-11-3-4-11/h2,5,8,11,14,17H,3-4,6-7,9,16H2,1H3. The van der Waals surface area contributed by atoms with E-state index in [-0.39, 0.29) is 11.9 Å². The topological polar surface area (TPSA) is 38.0 Å². The summed E-state index contributed by atoms with van der Waals surface area (Å²) >= 11 is 0. The van der Waals surface area contributed by atoms with Crippen LogP contribution in [-0.4, -0.2) is 13.1 Å². The largest absolute Gasteiger partial charge is 0.329 e. The zero-order valence-electron chi connectivity index (χ0n) is 10.4. The molecule has 1 aliphatic rings. The van der Waals surface area contributed by atoms with Crippen LogP contribution >= 0.6 is 0 Å². The average Bonchev–Trinajstić information content (AvgIpc) is 3.12. The zero-order valence-corrected chi connectivity index (χ0v) is 10.4. The van der Waals surface area contributed by atoms with Crippen molar-refractivity contribution in [3.8, 4) is 0 Å². The summed E-state index contributed by atoms with van der Waals surface area (Å²) < 4.78 is 13.2. The predicted octanol–water partition coefficient (Wildman–Crippen LogP) is 2.52. The number of hydrogen-bond donors (Lipinski definition) is 2. The molecule has 0 radical (unpaired) electrons. The highest BCUT2D eigenvalue weighted by atomic mass is 19.1. The summed E-state index contributed by atoms with van der Waals surface area (Å²) in [6, 6.07) is 4.98. The molecule has 1 aromatic rings. The summed E-state index contributed by atoms with van der Waals surface area (Å²) in [5, 5.41) is 3.43. The van der Waals surface area contributed by atoms with Gasteiger partial charge in [-0.2, -0.15) is 0 Å². The van der Waals surface area contributed by atoms with Gasteiger partial charge < -0.3 is 11.1 Å². The van der Waals surface area contributed by atoms with E-state index in [0.29, 0.717) is 6.54 Å². The lowest BCUT2D eigenvalue weighted by Gasteiger charge is -2.19. The molecule has 1 aromatic carbocycles. The van der Waals surface area contributed by atoms with Gasteiger partial charge in [-0.05, 0) is 49.1 Å². The molecule has 0 heterocycles. The van der Waals surface area contributed by atoms with Crippen LogP contribution in [0.2, 0.25) is 0 Å². The monoisotopic (exact) mass is 236 g/mol. The van der Waals surface area contributed by atoms with Gasteiger partial charge in [-0.3, -0.25) is 0 Å². The Labute approximate surface area is 102 Å². The average molecular weight is 236 g/mol. The molecule has 0 aliphatic heterocycles. The molecular formula is C14H21FN2. The first-order valence-corrected chi connectivity index (χ1v) is 6.40. The highest BCUT2D eigenvalue weighted by Crippen LogP contribution is 2.32. The van der Waals surface area contributed by atoms with Gasteiger partial charge in [0.25, 0.3) is 0 Å². The lowest BCUT2D eigenvalue weighted by molar-refractivity contribution is 0.511. The van der Waals surface area contributed by atoms with Crippen LogP contribution in [0.15, 0.2) is 18.2 Å². The first-order chi connectivity index (χ1) is 8.20. The van der Waals surface area contributed by atoms with Gasteiger partial charge in [0, 0.05) is 12.6 Å². The second-order valence-electron chi connectivity index (χ2n) is 4.98. The van der Waals surface area contributed by atoms with Gasteiger partial charge in [0.15, 0.2) is 0 Å². The van der Waals surface area contributed by atoms with Crippen LogP contribution in [0, 0.1) is 18.7 Å². The van der Waals surface area contributed by atoms with Crippen LogP contribution in [0.4, 0.5) is 4.39 Å². The van der Waals surface area contributed by atoms with Crippen LogP contribution in [-0.2, 0) is 0 Å². The van der Waals surface area contributed by atoms with Crippen LogP contribution in [0.1, 0.15) is 36.4 Å². The first-order valence-electron chi connectivity index (χ1n) is 6.40. The molecule has 2 nitrogen and oxygen atoms in total. The van der Waals surface area contributed by atoms with Crippen molar-refractivity contribution < 1.29 is 4.39 Å². The number of nitrogens with one attached hydrogen (secondary N) is 1. The molecule has 1 aliphatic carbocycles. The molecule has 94 valence electrons. The van der Waals surface area contributed by atoms with Crippen molar-refractivity contribution in [2.45, 2.75) is 32.2 Å². The summed E-state index contributed by atoms with van der Waals surface area (Å²) in [6.07, 6.45) is 3.95. The van der Waals surface area contributed by atoms with Gasteiger partial charge in [-0.15, -0.1) is 0 Å². The number of rotatable bonds is 6. The molecule has 0 aromatic heterocycles. The van der Waals surface area contributed by atoms with E-state index in [1.807, 2.05) is 13.0 Å². The molecule has 3 heteroatoms. The number of benzene rings is 1. The van der Waals surface area contributed by atoms with Gasteiger partial charge >= 0.3 is 0 Å². The lowest BCUT2D eigenvalue weighted by atomic mass is 10.0. The maximum atomic E-state index is 13.2. The van der Waals surface area contributed by atoms with Crippen LogP contribution in [0.25, 0.3) is 0 Å². The number of hydrogen-bond acceptors (Lipinski definition) is 2. The van der Waals surface area contributed by atoms with Gasteiger partial charge in [0.05, 0.1) is 0 Å². The fraction of sp³-hybridized carbons (Fsp3) is 0.571. The molecule has 0 bridgehead atoms. The van der Waals surface area contributed by atoms with Gasteiger partial charge in [-0.1, -0.05) is 18.9 Å². The predicted molar refractivity (Wildman–Crippen MR) is 68.3 cm³/mol. The van der Waals surface area contributed by atoms with Crippen LogP contribution in [0.3, 0.4) is 0 Å². The Hall–Kier alpha value is -0.930. The minimum atomic E-state index is -0.187. The minimum absolute atomic E-state index is 0.0736. The molecule has 1 unspecified atom stereocenters. The van der Waals surface area contributed by atoms with Crippen LogP contribution in [0.5, 0.6) is 0 Å². The number of nitrogens with two attached hydrogens (primary N) is 1.